The lowest BCUT2D eigenvalue weighted by atomic mass is 9.97. The molecule has 2 aromatic carbocycles. The molecule has 1 aliphatic heterocycles. The van der Waals surface area contributed by atoms with E-state index in [4.69, 9.17) is 15.2 Å². The zero-order valence-electron chi connectivity index (χ0n) is 17.2. The Morgan fingerprint density at radius 3 is 2.71 bits per heavy atom. The zero-order chi connectivity index (χ0) is 21.8. The highest BCUT2D eigenvalue weighted by molar-refractivity contribution is 5.99. The van der Waals surface area contributed by atoms with Crippen molar-refractivity contribution in [2.75, 3.05) is 18.6 Å². The second-order valence-corrected chi connectivity index (χ2v) is 7.37. The van der Waals surface area contributed by atoms with Crippen LogP contribution in [0.2, 0.25) is 0 Å². The second kappa shape index (κ2) is 8.87. The van der Waals surface area contributed by atoms with Crippen LogP contribution in [0, 0.1) is 0 Å². The minimum atomic E-state index is -0.521. The quantitative estimate of drug-likeness (QED) is 0.637. The number of rotatable bonds is 7. The molecule has 3 aromatic rings. The summed E-state index contributed by atoms with van der Waals surface area (Å²) in [6, 6.07) is 16.3. The summed E-state index contributed by atoms with van der Waals surface area (Å²) in [6.45, 7) is 0.868. The van der Waals surface area contributed by atoms with Crippen molar-refractivity contribution in [2.45, 2.75) is 18.9 Å². The Labute approximate surface area is 180 Å². The van der Waals surface area contributed by atoms with E-state index >= 15 is 0 Å². The number of pyridine rings is 1. The number of hydrogen-bond donors (Lipinski definition) is 1. The van der Waals surface area contributed by atoms with E-state index in [2.05, 4.69) is 4.98 Å². The number of carbonyl (C=O) groups excluding carboxylic acids is 2. The van der Waals surface area contributed by atoms with E-state index in [1.54, 1.807) is 42.6 Å². The van der Waals surface area contributed by atoms with E-state index in [1.807, 2.05) is 36.4 Å². The number of methoxy groups -OCH3 is 1. The Bertz CT molecular complexity index is 1100. The van der Waals surface area contributed by atoms with Gasteiger partial charge in [0, 0.05) is 48.6 Å². The predicted octanol–water partition coefficient (Wildman–Crippen LogP) is 3.29. The molecule has 0 spiro atoms. The molecule has 0 saturated carbocycles. The smallest absolute Gasteiger partial charge is 0.248 e. The van der Waals surface area contributed by atoms with Gasteiger partial charge in [0.15, 0.2) is 0 Å². The van der Waals surface area contributed by atoms with Gasteiger partial charge in [0.05, 0.1) is 7.11 Å². The summed E-state index contributed by atoms with van der Waals surface area (Å²) in [6.07, 6.45) is 3.79. The molecule has 1 unspecified atom stereocenters. The Morgan fingerprint density at radius 2 is 1.97 bits per heavy atom. The number of ether oxygens (including phenoxy) is 2. The first-order chi connectivity index (χ1) is 15.0. The molecule has 1 aliphatic rings. The third kappa shape index (κ3) is 4.50. The molecule has 0 aliphatic carbocycles. The summed E-state index contributed by atoms with van der Waals surface area (Å²) >= 11 is 0. The van der Waals surface area contributed by atoms with E-state index < -0.39 is 5.91 Å². The van der Waals surface area contributed by atoms with Crippen LogP contribution in [0.25, 0.3) is 0 Å². The Hall–Kier alpha value is -3.87. The third-order valence-electron chi connectivity index (χ3n) is 5.37. The molecule has 1 fully saturated rings. The summed E-state index contributed by atoms with van der Waals surface area (Å²) in [7, 11) is 1.61. The first kappa shape index (κ1) is 20.4. The largest absolute Gasteiger partial charge is 0.497 e. The van der Waals surface area contributed by atoms with E-state index in [9.17, 15) is 9.59 Å². The molecular formula is C24H23N3O4. The average molecular weight is 417 g/mol. The summed E-state index contributed by atoms with van der Waals surface area (Å²) in [5.41, 5.74) is 8.36. The van der Waals surface area contributed by atoms with Gasteiger partial charge in [-0.2, -0.15) is 0 Å². The number of carbonyl (C=O) groups is 2. The number of amides is 2. The molecule has 1 saturated heterocycles. The number of anilines is 1. The van der Waals surface area contributed by atoms with Crippen molar-refractivity contribution < 1.29 is 19.1 Å². The van der Waals surface area contributed by atoms with Crippen LogP contribution in [-0.2, 0) is 11.4 Å². The minimum Gasteiger partial charge on any atom is -0.497 e. The fourth-order valence-electron chi connectivity index (χ4n) is 3.74. The van der Waals surface area contributed by atoms with Crippen molar-refractivity contribution in [1.82, 2.24) is 4.98 Å². The van der Waals surface area contributed by atoms with Gasteiger partial charge in [-0.1, -0.05) is 12.1 Å². The van der Waals surface area contributed by atoms with Gasteiger partial charge in [-0.15, -0.1) is 0 Å². The number of nitrogens with two attached hydrogens (primary N) is 1. The van der Waals surface area contributed by atoms with Gasteiger partial charge in [-0.25, -0.2) is 0 Å². The highest BCUT2D eigenvalue weighted by Crippen LogP contribution is 2.38. The lowest BCUT2D eigenvalue weighted by molar-refractivity contribution is -0.117. The van der Waals surface area contributed by atoms with E-state index in [0.29, 0.717) is 42.3 Å². The van der Waals surface area contributed by atoms with Crippen molar-refractivity contribution in [2.24, 2.45) is 5.73 Å². The van der Waals surface area contributed by atoms with Crippen LogP contribution in [0.1, 0.15) is 33.8 Å². The Kier molecular flexibility index (Phi) is 5.84. The molecule has 31 heavy (non-hydrogen) atoms. The van der Waals surface area contributed by atoms with E-state index in [1.165, 1.54) is 0 Å². The fraction of sp³-hybridized carbons (Fsp3) is 0.208. The zero-order valence-corrected chi connectivity index (χ0v) is 17.2. The van der Waals surface area contributed by atoms with Crippen LogP contribution in [-0.4, -0.2) is 30.5 Å². The number of nitrogens with zero attached hydrogens (tertiary/aromatic N) is 2. The molecule has 1 atom stereocenters. The van der Waals surface area contributed by atoms with Crippen molar-refractivity contribution in [3.63, 3.8) is 0 Å². The summed E-state index contributed by atoms with van der Waals surface area (Å²) in [5.74, 6) is 0.781. The Balaban J connectivity index is 1.58. The van der Waals surface area contributed by atoms with Gasteiger partial charge in [-0.3, -0.25) is 14.6 Å². The molecule has 2 heterocycles. The van der Waals surface area contributed by atoms with Crippen molar-refractivity contribution >= 4 is 17.5 Å². The monoisotopic (exact) mass is 417 g/mol. The molecule has 158 valence electrons. The summed E-state index contributed by atoms with van der Waals surface area (Å²) in [5, 5.41) is 0. The molecule has 4 rings (SSSR count). The lowest BCUT2D eigenvalue weighted by Gasteiger charge is -2.19. The van der Waals surface area contributed by atoms with E-state index in [0.717, 1.165) is 11.1 Å². The highest BCUT2D eigenvalue weighted by atomic mass is 16.5. The lowest BCUT2D eigenvalue weighted by Crippen LogP contribution is -2.25. The molecule has 7 heteroatoms. The number of aromatic nitrogens is 1. The predicted molar refractivity (Wildman–Crippen MR) is 116 cm³/mol. The van der Waals surface area contributed by atoms with Gasteiger partial charge in [-0.05, 0) is 47.5 Å². The molecule has 0 bridgehead atoms. The van der Waals surface area contributed by atoms with Crippen LogP contribution in [0.15, 0.2) is 67.0 Å². The number of benzene rings is 2. The second-order valence-electron chi connectivity index (χ2n) is 7.37. The van der Waals surface area contributed by atoms with Gasteiger partial charge < -0.3 is 20.1 Å². The van der Waals surface area contributed by atoms with Gasteiger partial charge in [0.2, 0.25) is 11.8 Å². The van der Waals surface area contributed by atoms with Gasteiger partial charge in [0.25, 0.3) is 0 Å². The van der Waals surface area contributed by atoms with Crippen molar-refractivity contribution in [3.05, 3.63) is 83.7 Å². The molecular weight excluding hydrogens is 394 g/mol. The average Bonchev–Trinajstić information content (AvgIpc) is 3.19. The summed E-state index contributed by atoms with van der Waals surface area (Å²) in [4.78, 5) is 30.0. The Morgan fingerprint density at radius 1 is 1.16 bits per heavy atom. The maximum atomic E-state index is 12.8. The maximum absolute atomic E-state index is 12.8. The molecule has 0 radical (unpaired) electrons. The van der Waals surface area contributed by atoms with Gasteiger partial charge >= 0.3 is 0 Å². The number of primary amides is 1. The highest BCUT2D eigenvalue weighted by Gasteiger charge is 2.33. The van der Waals surface area contributed by atoms with Crippen molar-refractivity contribution in [3.8, 4) is 11.5 Å². The summed E-state index contributed by atoms with van der Waals surface area (Å²) < 4.78 is 11.5. The first-order valence-electron chi connectivity index (χ1n) is 9.95. The van der Waals surface area contributed by atoms with Crippen LogP contribution in [0.3, 0.4) is 0 Å². The fourth-order valence-corrected chi connectivity index (χ4v) is 3.74. The van der Waals surface area contributed by atoms with Crippen LogP contribution in [0.4, 0.5) is 5.69 Å². The van der Waals surface area contributed by atoms with Crippen LogP contribution in [0.5, 0.6) is 11.5 Å². The van der Waals surface area contributed by atoms with Crippen LogP contribution < -0.4 is 20.1 Å². The molecule has 7 nitrogen and oxygen atoms in total. The number of hydrogen-bond acceptors (Lipinski definition) is 5. The molecule has 2 N–H and O–H groups in total. The molecule has 2 amide bonds. The van der Waals surface area contributed by atoms with Crippen LogP contribution >= 0.6 is 0 Å². The standard InChI is InChI=1S/C24H23N3O4/c1-30-20-5-6-21(22(13-20)31-15-16-7-9-26-10-8-16)18-12-23(28)27(14-18)19-4-2-3-17(11-19)24(25)29/h2-11,13,18H,12,14-15H2,1H3,(H2,25,29). The maximum Gasteiger partial charge on any atom is 0.248 e. The SMILES string of the molecule is COc1ccc(C2CC(=O)N(c3cccc(C(N)=O)c3)C2)c(OCc2ccncc2)c1. The normalized spacial score (nSPS) is 15.7. The first-order valence-corrected chi connectivity index (χ1v) is 9.95. The topological polar surface area (TPSA) is 94.8 Å². The third-order valence-corrected chi connectivity index (χ3v) is 5.37. The van der Waals surface area contributed by atoms with Gasteiger partial charge in [0.1, 0.15) is 18.1 Å². The van der Waals surface area contributed by atoms with E-state index in [-0.39, 0.29) is 11.8 Å². The molecule has 1 aromatic heterocycles. The van der Waals surface area contributed by atoms with Crippen molar-refractivity contribution in [1.29, 1.82) is 0 Å². The minimum absolute atomic E-state index is 0.0116.